The summed E-state index contributed by atoms with van der Waals surface area (Å²) in [5, 5.41) is 4.45. The molecule has 0 aliphatic carbocycles. The minimum Gasteiger partial charge on any atom is -0.315 e. The first-order valence-electron chi connectivity index (χ1n) is 7.06. The second-order valence-electron chi connectivity index (χ2n) is 6.26. The van der Waals surface area contributed by atoms with Gasteiger partial charge in [-0.1, -0.05) is 27.7 Å². The summed E-state index contributed by atoms with van der Waals surface area (Å²) in [5.41, 5.74) is 0.460. The van der Waals surface area contributed by atoms with E-state index in [4.69, 9.17) is 0 Å². The summed E-state index contributed by atoms with van der Waals surface area (Å²) in [7, 11) is 0. The predicted octanol–water partition coefficient (Wildman–Crippen LogP) is 2.84. The predicted molar refractivity (Wildman–Crippen MR) is 79.9 cm³/mol. The van der Waals surface area contributed by atoms with Crippen molar-refractivity contribution in [3.8, 4) is 0 Å². The fourth-order valence-corrected chi connectivity index (χ4v) is 3.30. The average Bonchev–Trinajstić information content (AvgIpc) is 2.27. The van der Waals surface area contributed by atoms with Crippen LogP contribution in [0, 0.1) is 5.41 Å². The van der Waals surface area contributed by atoms with Crippen molar-refractivity contribution in [1.29, 1.82) is 0 Å². The van der Waals surface area contributed by atoms with Gasteiger partial charge in [0.05, 0.1) is 0 Å². The third kappa shape index (κ3) is 7.32. The average molecular weight is 258 g/mol. The molecule has 1 unspecified atom stereocenters. The number of hydrogen-bond acceptors (Lipinski definition) is 3. The molecule has 1 rings (SSSR count). The minimum absolute atomic E-state index is 0.460. The molecule has 1 aliphatic rings. The molecular weight excluding hydrogens is 228 g/mol. The van der Waals surface area contributed by atoms with Crippen LogP contribution in [-0.2, 0) is 0 Å². The van der Waals surface area contributed by atoms with Gasteiger partial charge in [0.25, 0.3) is 0 Å². The molecule has 0 saturated carbocycles. The molecule has 1 heterocycles. The minimum atomic E-state index is 0.460. The number of nitrogens with one attached hydrogen (secondary N) is 1. The van der Waals surface area contributed by atoms with E-state index in [0.717, 1.165) is 18.3 Å². The fourth-order valence-electron chi connectivity index (χ4n) is 2.06. The zero-order valence-electron chi connectivity index (χ0n) is 12.1. The van der Waals surface area contributed by atoms with E-state index in [0.29, 0.717) is 5.41 Å². The molecule has 1 fully saturated rings. The van der Waals surface area contributed by atoms with Crippen LogP contribution in [-0.4, -0.2) is 48.6 Å². The molecule has 0 aromatic carbocycles. The van der Waals surface area contributed by atoms with E-state index >= 15 is 0 Å². The highest BCUT2D eigenvalue weighted by molar-refractivity contribution is 8.00. The van der Waals surface area contributed by atoms with Crippen molar-refractivity contribution in [2.45, 2.75) is 45.8 Å². The quantitative estimate of drug-likeness (QED) is 0.738. The van der Waals surface area contributed by atoms with Gasteiger partial charge in [0, 0.05) is 37.2 Å². The van der Waals surface area contributed by atoms with Gasteiger partial charge in [0.1, 0.15) is 0 Å². The molecule has 0 radical (unpaired) electrons. The standard InChI is InChI=1S/C14H30N2S/c1-5-13-12-16(10-11-17-13)9-8-15-7-6-14(2,3)4/h13,15H,5-12H2,1-4H3. The first kappa shape index (κ1) is 15.3. The van der Waals surface area contributed by atoms with Gasteiger partial charge >= 0.3 is 0 Å². The monoisotopic (exact) mass is 258 g/mol. The van der Waals surface area contributed by atoms with Crippen LogP contribution in [0.4, 0.5) is 0 Å². The van der Waals surface area contributed by atoms with Crippen LogP contribution in [0.25, 0.3) is 0 Å². The highest BCUT2D eigenvalue weighted by Crippen LogP contribution is 2.20. The maximum absolute atomic E-state index is 3.57. The summed E-state index contributed by atoms with van der Waals surface area (Å²) in [6, 6.07) is 0. The van der Waals surface area contributed by atoms with E-state index in [1.807, 2.05) is 0 Å². The summed E-state index contributed by atoms with van der Waals surface area (Å²) in [6.45, 7) is 15.3. The molecule has 3 heteroatoms. The molecule has 1 aliphatic heterocycles. The normalized spacial score (nSPS) is 22.9. The van der Waals surface area contributed by atoms with Gasteiger partial charge in [-0.2, -0.15) is 11.8 Å². The number of rotatable bonds is 6. The van der Waals surface area contributed by atoms with E-state index in [1.165, 1.54) is 38.2 Å². The molecule has 0 spiro atoms. The van der Waals surface area contributed by atoms with Crippen molar-refractivity contribution < 1.29 is 0 Å². The molecule has 0 aromatic rings. The molecule has 1 saturated heterocycles. The van der Waals surface area contributed by atoms with Gasteiger partial charge in [0.15, 0.2) is 0 Å². The number of hydrogen-bond donors (Lipinski definition) is 1. The maximum atomic E-state index is 3.57. The Morgan fingerprint density at radius 2 is 2.06 bits per heavy atom. The van der Waals surface area contributed by atoms with Gasteiger partial charge < -0.3 is 10.2 Å². The fraction of sp³-hybridized carbons (Fsp3) is 1.00. The van der Waals surface area contributed by atoms with Gasteiger partial charge in [-0.3, -0.25) is 0 Å². The number of thioether (sulfide) groups is 1. The molecular formula is C14H30N2S. The smallest absolute Gasteiger partial charge is 0.0172 e. The third-order valence-corrected chi connectivity index (χ3v) is 4.71. The second kappa shape index (κ2) is 7.65. The van der Waals surface area contributed by atoms with Crippen molar-refractivity contribution >= 4 is 11.8 Å². The highest BCUT2D eigenvalue weighted by atomic mass is 32.2. The van der Waals surface area contributed by atoms with Crippen LogP contribution in [0.1, 0.15) is 40.5 Å². The van der Waals surface area contributed by atoms with Gasteiger partial charge in [-0.05, 0) is 24.8 Å². The topological polar surface area (TPSA) is 15.3 Å². The number of nitrogens with zero attached hydrogens (tertiary/aromatic N) is 1. The Labute approximate surface area is 112 Å². The molecule has 17 heavy (non-hydrogen) atoms. The van der Waals surface area contributed by atoms with Crippen molar-refractivity contribution in [3.05, 3.63) is 0 Å². The molecule has 2 nitrogen and oxygen atoms in total. The van der Waals surface area contributed by atoms with Gasteiger partial charge in [-0.25, -0.2) is 0 Å². The van der Waals surface area contributed by atoms with Crippen molar-refractivity contribution in [3.63, 3.8) is 0 Å². The van der Waals surface area contributed by atoms with E-state index in [9.17, 15) is 0 Å². The molecule has 102 valence electrons. The molecule has 0 aromatic heterocycles. The van der Waals surface area contributed by atoms with Crippen molar-refractivity contribution in [1.82, 2.24) is 10.2 Å². The summed E-state index contributed by atoms with van der Waals surface area (Å²) in [4.78, 5) is 2.62. The lowest BCUT2D eigenvalue weighted by molar-refractivity contribution is 0.276. The zero-order chi connectivity index (χ0) is 12.7. The van der Waals surface area contributed by atoms with Gasteiger partial charge in [0.2, 0.25) is 0 Å². The van der Waals surface area contributed by atoms with Crippen LogP contribution in [0.15, 0.2) is 0 Å². The van der Waals surface area contributed by atoms with Crippen LogP contribution in [0.5, 0.6) is 0 Å². The van der Waals surface area contributed by atoms with E-state index in [2.05, 4.69) is 49.7 Å². The Morgan fingerprint density at radius 1 is 1.29 bits per heavy atom. The lowest BCUT2D eigenvalue weighted by Gasteiger charge is -2.32. The Kier molecular flexibility index (Phi) is 6.90. The molecule has 1 atom stereocenters. The van der Waals surface area contributed by atoms with Crippen molar-refractivity contribution in [2.75, 3.05) is 38.5 Å². The Balaban J connectivity index is 2.02. The van der Waals surface area contributed by atoms with Crippen LogP contribution in [0.2, 0.25) is 0 Å². The van der Waals surface area contributed by atoms with E-state index < -0.39 is 0 Å². The summed E-state index contributed by atoms with van der Waals surface area (Å²) >= 11 is 2.15. The lowest BCUT2D eigenvalue weighted by atomic mass is 9.92. The Morgan fingerprint density at radius 3 is 2.71 bits per heavy atom. The molecule has 0 amide bonds. The van der Waals surface area contributed by atoms with Crippen LogP contribution < -0.4 is 5.32 Å². The second-order valence-corrected chi connectivity index (χ2v) is 7.67. The van der Waals surface area contributed by atoms with E-state index in [-0.39, 0.29) is 0 Å². The summed E-state index contributed by atoms with van der Waals surface area (Å²) in [5.74, 6) is 1.32. The Bertz CT molecular complexity index is 201. The third-order valence-electron chi connectivity index (χ3n) is 3.33. The van der Waals surface area contributed by atoms with Crippen molar-refractivity contribution in [2.24, 2.45) is 5.41 Å². The summed E-state index contributed by atoms with van der Waals surface area (Å²) in [6.07, 6.45) is 2.58. The van der Waals surface area contributed by atoms with Crippen LogP contribution >= 0.6 is 11.8 Å². The zero-order valence-corrected chi connectivity index (χ0v) is 12.9. The first-order valence-corrected chi connectivity index (χ1v) is 8.11. The van der Waals surface area contributed by atoms with Crippen LogP contribution in [0.3, 0.4) is 0 Å². The van der Waals surface area contributed by atoms with Gasteiger partial charge in [-0.15, -0.1) is 0 Å². The summed E-state index contributed by atoms with van der Waals surface area (Å²) < 4.78 is 0. The highest BCUT2D eigenvalue weighted by Gasteiger charge is 2.18. The molecule has 1 N–H and O–H groups in total. The SMILES string of the molecule is CCC1CN(CCNCCC(C)(C)C)CCS1. The Hall–Kier alpha value is 0.270. The first-order chi connectivity index (χ1) is 8.01. The maximum Gasteiger partial charge on any atom is 0.0172 e. The van der Waals surface area contributed by atoms with E-state index in [1.54, 1.807) is 0 Å². The lowest BCUT2D eigenvalue weighted by Crippen LogP contribution is -2.41. The largest absolute Gasteiger partial charge is 0.315 e. The molecule has 0 bridgehead atoms.